The molecule has 1 aromatic carbocycles. The number of fused-ring (bicyclic) bond motifs is 1. The van der Waals surface area contributed by atoms with Crippen LogP contribution in [0.5, 0.6) is 0 Å². The van der Waals surface area contributed by atoms with Gasteiger partial charge in [-0.05, 0) is 40.2 Å². The van der Waals surface area contributed by atoms with E-state index in [2.05, 4.69) is 26.1 Å². The zero-order valence-corrected chi connectivity index (χ0v) is 16.3. The lowest BCUT2D eigenvalue weighted by Crippen LogP contribution is -2.59. The average Bonchev–Trinajstić information content (AvgIpc) is 3.29. The van der Waals surface area contributed by atoms with Gasteiger partial charge >= 0.3 is 0 Å². The van der Waals surface area contributed by atoms with Crippen LogP contribution in [0, 0.1) is 0 Å². The first kappa shape index (κ1) is 17.4. The highest BCUT2D eigenvalue weighted by molar-refractivity contribution is 9.10. The number of para-hydroxylation sites is 1. The SMILES string of the molecule is O=C(NCC1(N2CCOCC2)CCSC1)c1cc2cccc(Br)c2o1. The lowest BCUT2D eigenvalue weighted by Gasteiger charge is -2.42. The predicted octanol–water partition coefficient (Wildman–Crippen LogP) is 3.13. The lowest BCUT2D eigenvalue weighted by atomic mass is 9.95. The number of ether oxygens (including phenoxy) is 1. The van der Waals surface area contributed by atoms with E-state index >= 15 is 0 Å². The van der Waals surface area contributed by atoms with Crippen LogP contribution in [0.4, 0.5) is 0 Å². The maximum absolute atomic E-state index is 12.6. The molecule has 1 aromatic heterocycles. The first-order valence-corrected chi connectivity index (χ1v) is 10.5. The van der Waals surface area contributed by atoms with Crippen LogP contribution in [-0.4, -0.2) is 60.7 Å². The summed E-state index contributed by atoms with van der Waals surface area (Å²) >= 11 is 5.43. The summed E-state index contributed by atoms with van der Waals surface area (Å²) in [7, 11) is 0. The second-order valence-electron chi connectivity index (χ2n) is 6.58. The van der Waals surface area contributed by atoms with Gasteiger partial charge in [0.1, 0.15) is 5.58 Å². The molecule has 0 spiro atoms. The number of halogens is 1. The number of morpholine rings is 1. The summed E-state index contributed by atoms with van der Waals surface area (Å²) in [6, 6.07) is 7.60. The summed E-state index contributed by atoms with van der Waals surface area (Å²) in [4.78, 5) is 15.1. The molecule has 1 amide bonds. The second kappa shape index (κ2) is 7.31. The molecule has 5 nitrogen and oxygen atoms in total. The Morgan fingerprint density at radius 2 is 2.20 bits per heavy atom. The molecule has 2 aliphatic heterocycles. The van der Waals surface area contributed by atoms with Crippen LogP contribution >= 0.6 is 27.7 Å². The van der Waals surface area contributed by atoms with Crippen molar-refractivity contribution in [3.8, 4) is 0 Å². The minimum Gasteiger partial charge on any atom is -0.450 e. The van der Waals surface area contributed by atoms with E-state index in [4.69, 9.17) is 9.15 Å². The van der Waals surface area contributed by atoms with Crippen LogP contribution in [0.1, 0.15) is 17.0 Å². The number of hydrogen-bond donors (Lipinski definition) is 1. The van der Waals surface area contributed by atoms with Gasteiger partial charge in [-0.1, -0.05) is 12.1 Å². The first-order valence-electron chi connectivity index (χ1n) is 8.55. The van der Waals surface area contributed by atoms with Crippen LogP contribution < -0.4 is 5.32 Å². The molecule has 0 saturated carbocycles. The summed E-state index contributed by atoms with van der Waals surface area (Å²) in [6.45, 7) is 4.08. The van der Waals surface area contributed by atoms with Crippen molar-refractivity contribution in [2.45, 2.75) is 12.0 Å². The van der Waals surface area contributed by atoms with Crippen LogP contribution in [0.15, 0.2) is 33.2 Å². The quantitative estimate of drug-likeness (QED) is 0.816. The highest BCUT2D eigenvalue weighted by Crippen LogP contribution is 2.34. The van der Waals surface area contributed by atoms with Crippen LogP contribution in [-0.2, 0) is 4.74 Å². The highest BCUT2D eigenvalue weighted by Gasteiger charge is 2.41. The Balaban J connectivity index is 1.48. The van der Waals surface area contributed by atoms with Crippen molar-refractivity contribution in [2.75, 3.05) is 44.4 Å². The molecule has 2 fully saturated rings. The normalized spacial score (nSPS) is 24.7. The van der Waals surface area contributed by atoms with E-state index in [1.807, 2.05) is 30.0 Å². The Morgan fingerprint density at radius 1 is 1.36 bits per heavy atom. The summed E-state index contributed by atoms with van der Waals surface area (Å²) in [5.74, 6) is 2.42. The topological polar surface area (TPSA) is 54.7 Å². The van der Waals surface area contributed by atoms with Crippen molar-refractivity contribution < 1.29 is 13.9 Å². The molecule has 25 heavy (non-hydrogen) atoms. The number of carbonyl (C=O) groups excluding carboxylic acids is 1. The first-order chi connectivity index (χ1) is 12.2. The Bertz CT molecular complexity index is 767. The van der Waals surface area contributed by atoms with Gasteiger partial charge in [0.15, 0.2) is 5.76 Å². The number of furan rings is 1. The third-order valence-corrected chi connectivity index (χ3v) is 6.92. The third-order valence-electron chi connectivity index (χ3n) is 5.06. The molecule has 0 aliphatic carbocycles. The van der Waals surface area contributed by atoms with Crippen molar-refractivity contribution in [3.63, 3.8) is 0 Å². The van der Waals surface area contributed by atoms with Crippen LogP contribution in [0.2, 0.25) is 0 Å². The fourth-order valence-electron chi connectivity index (χ4n) is 3.61. The van der Waals surface area contributed by atoms with Gasteiger partial charge in [-0.25, -0.2) is 0 Å². The predicted molar refractivity (Wildman–Crippen MR) is 103 cm³/mol. The van der Waals surface area contributed by atoms with Gasteiger partial charge in [0, 0.05) is 36.3 Å². The molecule has 3 heterocycles. The van der Waals surface area contributed by atoms with E-state index in [0.29, 0.717) is 17.9 Å². The van der Waals surface area contributed by atoms with Crippen molar-refractivity contribution >= 4 is 44.6 Å². The number of nitrogens with zero attached hydrogens (tertiary/aromatic N) is 1. The molecule has 1 unspecified atom stereocenters. The summed E-state index contributed by atoms with van der Waals surface area (Å²) < 4.78 is 12.1. The molecule has 4 rings (SSSR count). The number of benzene rings is 1. The number of rotatable bonds is 4. The van der Waals surface area contributed by atoms with Crippen molar-refractivity contribution in [1.29, 1.82) is 0 Å². The van der Waals surface area contributed by atoms with Crippen LogP contribution in [0.25, 0.3) is 11.0 Å². The molecule has 7 heteroatoms. The van der Waals surface area contributed by atoms with Gasteiger partial charge in [0.25, 0.3) is 5.91 Å². The molecule has 134 valence electrons. The van der Waals surface area contributed by atoms with Gasteiger partial charge in [-0.15, -0.1) is 0 Å². The van der Waals surface area contributed by atoms with Gasteiger partial charge in [0.05, 0.1) is 17.7 Å². The fourth-order valence-corrected chi connectivity index (χ4v) is 5.55. The maximum Gasteiger partial charge on any atom is 0.287 e. The molecule has 0 radical (unpaired) electrons. The molecule has 2 aromatic rings. The smallest absolute Gasteiger partial charge is 0.287 e. The van der Waals surface area contributed by atoms with E-state index in [1.165, 1.54) is 0 Å². The fraction of sp³-hybridized carbons (Fsp3) is 0.500. The average molecular weight is 425 g/mol. The van der Waals surface area contributed by atoms with E-state index in [-0.39, 0.29) is 11.4 Å². The molecular formula is C18H21BrN2O3S. The van der Waals surface area contributed by atoms with E-state index < -0.39 is 0 Å². The number of carbonyl (C=O) groups is 1. The molecule has 2 aliphatic rings. The van der Waals surface area contributed by atoms with E-state index in [1.54, 1.807) is 6.07 Å². The van der Waals surface area contributed by atoms with E-state index in [9.17, 15) is 4.79 Å². The summed E-state index contributed by atoms with van der Waals surface area (Å²) in [5, 5.41) is 4.05. The molecule has 1 atom stereocenters. The van der Waals surface area contributed by atoms with Gasteiger partial charge in [0.2, 0.25) is 0 Å². The molecule has 2 saturated heterocycles. The Morgan fingerprint density at radius 3 is 2.92 bits per heavy atom. The summed E-state index contributed by atoms with van der Waals surface area (Å²) in [6.07, 6.45) is 1.10. The van der Waals surface area contributed by atoms with E-state index in [0.717, 1.165) is 54.1 Å². The number of nitrogens with one attached hydrogen (secondary N) is 1. The Hall–Kier alpha value is -1.02. The van der Waals surface area contributed by atoms with Gasteiger partial charge in [-0.3, -0.25) is 9.69 Å². The van der Waals surface area contributed by atoms with Gasteiger partial charge < -0.3 is 14.5 Å². The zero-order chi connectivity index (χ0) is 17.3. The maximum atomic E-state index is 12.6. The lowest BCUT2D eigenvalue weighted by molar-refractivity contribution is -0.0129. The van der Waals surface area contributed by atoms with Crippen molar-refractivity contribution in [3.05, 3.63) is 34.5 Å². The van der Waals surface area contributed by atoms with Crippen molar-refractivity contribution in [1.82, 2.24) is 10.2 Å². The number of hydrogen-bond acceptors (Lipinski definition) is 5. The summed E-state index contributed by atoms with van der Waals surface area (Å²) in [5.41, 5.74) is 0.753. The number of amides is 1. The second-order valence-corrected chi connectivity index (χ2v) is 8.54. The minimum atomic E-state index is -0.146. The van der Waals surface area contributed by atoms with Crippen LogP contribution in [0.3, 0.4) is 0 Å². The van der Waals surface area contributed by atoms with Gasteiger partial charge in [-0.2, -0.15) is 11.8 Å². The highest BCUT2D eigenvalue weighted by atomic mass is 79.9. The third kappa shape index (κ3) is 3.47. The number of thioether (sulfide) groups is 1. The zero-order valence-electron chi connectivity index (χ0n) is 13.9. The molecular weight excluding hydrogens is 404 g/mol. The Kier molecular flexibility index (Phi) is 5.08. The Labute approximate surface area is 159 Å². The van der Waals surface area contributed by atoms with Crippen molar-refractivity contribution in [2.24, 2.45) is 0 Å². The molecule has 0 bridgehead atoms. The molecule has 1 N–H and O–H groups in total. The standard InChI is InChI=1S/C18H21BrN2O3S/c19-14-3-1-2-13-10-15(24-16(13)14)17(22)20-11-18(4-9-25-12-18)21-5-7-23-8-6-21/h1-3,10H,4-9,11-12H2,(H,20,22). The monoisotopic (exact) mass is 424 g/mol. The largest absolute Gasteiger partial charge is 0.450 e. The minimum absolute atomic E-state index is 0.0384.